The topological polar surface area (TPSA) is 66.8 Å². The van der Waals surface area contributed by atoms with Crippen LogP contribution in [-0.4, -0.2) is 28.9 Å². The second-order valence-corrected chi connectivity index (χ2v) is 4.63. The van der Waals surface area contributed by atoms with Crippen molar-refractivity contribution in [3.8, 4) is 11.1 Å². The molecule has 4 heteroatoms. The smallest absolute Gasteiger partial charge is 0.338 e. The minimum atomic E-state index is -1.58. The Morgan fingerprint density at radius 2 is 1.57 bits per heavy atom. The lowest BCUT2D eigenvalue weighted by Crippen LogP contribution is -2.29. The van der Waals surface area contributed by atoms with Crippen LogP contribution >= 0.6 is 0 Å². The highest BCUT2D eigenvalue weighted by atomic mass is 16.5. The van der Waals surface area contributed by atoms with E-state index in [9.17, 15) is 15.0 Å². The summed E-state index contributed by atoms with van der Waals surface area (Å²) >= 11 is 0. The summed E-state index contributed by atoms with van der Waals surface area (Å²) in [5.41, 5.74) is 2.52. The molecule has 0 aliphatic rings. The van der Waals surface area contributed by atoms with Crippen molar-refractivity contribution >= 4 is 5.97 Å². The maximum atomic E-state index is 11.4. The van der Waals surface area contributed by atoms with Crippen LogP contribution in [0.15, 0.2) is 54.6 Å². The monoisotopic (exact) mass is 286 g/mol. The minimum Gasteiger partial charge on any atom is -0.464 e. The first-order chi connectivity index (χ1) is 10.1. The number of hydrogen-bond acceptors (Lipinski definition) is 4. The fourth-order valence-electron chi connectivity index (χ4n) is 2.04. The Balaban J connectivity index is 2.13. The molecule has 0 saturated heterocycles. The van der Waals surface area contributed by atoms with Crippen LogP contribution in [0.25, 0.3) is 11.1 Å². The van der Waals surface area contributed by atoms with Crippen molar-refractivity contribution < 1.29 is 19.7 Å². The van der Waals surface area contributed by atoms with Crippen LogP contribution in [0, 0.1) is 0 Å². The molecule has 0 amide bonds. The van der Waals surface area contributed by atoms with E-state index in [2.05, 4.69) is 0 Å². The molecular weight excluding hydrogens is 268 g/mol. The molecule has 0 aliphatic heterocycles. The molecule has 2 unspecified atom stereocenters. The fraction of sp³-hybridized carbons (Fsp3) is 0.235. The molecule has 21 heavy (non-hydrogen) atoms. The number of esters is 1. The zero-order chi connectivity index (χ0) is 15.2. The molecule has 2 aromatic rings. The van der Waals surface area contributed by atoms with Crippen LogP contribution in [0.5, 0.6) is 0 Å². The Labute approximate surface area is 123 Å². The fourth-order valence-corrected chi connectivity index (χ4v) is 2.04. The molecule has 0 aromatic heterocycles. The van der Waals surface area contributed by atoms with E-state index in [1.54, 1.807) is 19.1 Å². The number of hydrogen-bond donors (Lipinski definition) is 2. The third kappa shape index (κ3) is 3.68. The van der Waals surface area contributed by atoms with Crippen molar-refractivity contribution in [3.63, 3.8) is 0 Å². The maximum Gasteiger partial charge on any atom is 0.338 e. The van der Waals surface area contributed by atoms with Crippen molar-refractivity contribution in [1.29, 1.82) is 0 Å². The van der Waals surface area contributed by atoms with Gasteiger partial charge in [-0.3, -0.25) is 0 Å². The first kappa shape index (κ1) is 15.2. The predicted octanol–water partition coefficient (Wildman–Crippen LogP) is 2.31. The standard InChI is InChI=1S/C17H18O4/c1-2-21-17(20)16(19)15(18)14-10-8-13(9-11-14)12-6-4-3-5-7-12/h3-11,15-16,18-19H,2H2,1H3. The summed E-state index contributed by atoms with van der Waals surface area (Å²) in [6.07, 6.45) is -2.87. The highest BCUT2D eigenvalue weighted by molar-refractivity contribution is 5.75. The molecule has 4 nitrogen and oxygen atoms in total. The first-order valence-electron chi connectivity index (χ1n) is 6.81. The molecule has 2 atom stereocenters. The van der Waals surface area contributed by atoms with Crippen LogP contribution in [0.3, 0.4) is 0 Å². The summed E-state index contributed by atoms with van der Waals surface area (Å²) in [5.74, 6) is -0.822. The lowest BCUT2D eigenvalue weighted by atomic mass is 10.00. The van der Waals surface area contributed by atoms with Crippen molar-refractivity contribution in [3.05, 3.63) is 60.2 Å². The molecule has 110 valence electrons. The Bertz CT molecular complexity index is 577. The van der Waals surface area contributed by atoms with Crippen LogP contribution in [-0.2, 0) is 9.53 Å². The molecule has 0 fully saturated rings. The van der Waals surface area contributed by atoms with Gasteiger partial charge in [0.15, 0.2) is 6.10 Å². The second-order valence-electron chi connectivity index (χ2n) is 4.63. The zero-order valence-electron chi connectivity index (χ0n) is 11.8. The lowest BCUT2D eigenvalue weighted by molar-refractivity contribution is -0.159. The van der Waals surface area contributed by atoms with Gasteiger partial charge < -0.3 is 14.9 Å². The quantitative estimate of drug-likeness (QED) is 0.828. The van der Waals surface area contributed by atoms with Gasteiger partial charge in [-0.25, -0.2) is 4.79 Å². The number of rotatable bonds is 5. The molecule has 0 spiro atoms. The van der Waals surface area contributed by atoms with E-state index in [1.807, 2.05) is 42.5 Å². The third-order valence-corrected chi connectivity index (χ3v) is 3.19. The summed E-state index contributed by atoms with van der Waals surface area (Å²) in [7, 11) is 0. The van der Waals surface area contributed by atoms with Crippen molar-refractivity contribution in [2.45, 2.75) is 19.1 Å². The van der Waals surface area contributed by atoms with E-state index in [4.69, 9.17) is 4.74 Å². The number of carbonyl (C=O) groups is 1. The normalized spacial score (nSPS) is 13.5. The average Bonchev–Trinajstić information content (AvgIpc) is 2.54. The molecule has 2 aromatic carbocycles. The van der Waals surface area contributed by atoms with Crippen molar-refractivity contribution in [1.82, 2.24) is 0 Å². The Morgan fingerprint density at radius 3 is 2.14 bits per heavy atom. The minimum absolute atomic E-state index is 0.162. The molecule has 0 heterocycles. The van der Waals surface area contributed by atoms with Gasteiger partial charge in [0.05, 0.1) is 6.61 Å². The van der Waals surface area contributed by atoms with Crippen LogP contribution in [0.2, 0.25) is 0 Å². The molecular formula is C17H18O4. The summed E-state index contributed by atoms with van der Waals surface area (Å²) in [4.78, 5) is 11.4. The number of aliphatic hydroxyl groups excluding tert-OH is 2. The number of ether oxygens (including phenoxy) is 1. The van der Waals surface area contributed by atoms with E-state index in [0.717, 1.165) is 11.1 Å². The van der Waals surface area contributed by atoms with E-state index in [1.165, 1.54) is 0 Å². The van der Waals surface area contributed by atoms with Crippen molar-refractivity contribution in [2.24, 2.45) is 0 Å². The molecule has 0 saturated carbocycles. The summed E-state index contributed by atoms with van der Waals surface area (Å²) in [6.45, 7) is 1.81. The van der Waals surface area contributed by atoms with Gasteiger partial charge in [0.1, 0.15) is 6.10 Å². The Kier molecular flexibility index (Phi) is 5.09. The molecule has 0 radical (unpaired) electrons. The van der Waals surface area contributed by atoms with Gasteiger partial charge >= 0.3 is 5.97 Å². The van der Waals surface area contributed by atoms with E-state index in [-0.39, 0.29) is 6.61 Å². The maximum absolute atomic E-state index is 11.4. The van der Waals surface area contributed by atoms with Gasteiger partial charge in [-0.05, 0) is 23.6 Å². The van der Waals surface area contributed by atoms with E-state index < -0.39 is 18.2 Å². The highest BCUT2D eigenvalue weighted by Gasteiger charge is 2.26. The van der Waals surface area contributed by atoms with Crippen molar-refractivity contribution in [2.75, 3.05) is 6.61 Å². The van der Waals surface area contributed by atoms with Gasteiger partial charge in [0.2, 0.25) is 0 Å². The zero-order valence-corrected chi connectivity index (χ0v) is 11.8. The summed E-state index contributed by atoms with van der Waals surface area (Å²) < 4.78 is 4.69. The van der Waals surface area contributed by atoms with E-state index >= 15 is 0 Å². The van der Waals surface area contributed by atoms with Gasteiger partial charge in [0.25, 0.3) is 0 Å². The van der Waals surface area contributed by atoms with Gasteiger partial charge in [-0.2, -0.15) is 0 Å². The summed E-state index contributed by atoms with van der Waals surface area (Å²) in [6, 6.07) is 16.9. The predicted molar refractivity (Wildman–Crippen MR) is 79.5 cm³/mol. The highest BCUT2D eigenvalue weighted by Crippen LogP contribution is 2.23. The van der Waals surface area contributed by atoms with Gasteiger partial charge in [0, 0.05) is 0 Å². The van der Waals surface area contributed by atoms with Crippen LogP contribution in [0.4, 0.5) is 0 Å². The van der Waals surface area contributed by atoms with Gasteiger partial charge in [-0.15, -0.1) is 0 Å². The average molecular weight is 286 g/mol. The number of aliphatic hydroxyl groups is 2. The second kappa shape index (κ2) is 7.02. The first-order valence-corrected chi connectivity index (χ1v) is 6.81. The Morgan fingerprint density at radius 1 is 1.00 bits per heavy atom. The SMILES string of the molecule is CCOC(=O)C(O)C(O)c1ccc(-c2ccccc2)cc1. The summed E-state index contributed by atoms with van der Waals surface area (Å²) in [5, 5.41) is 19.7. The van der Waals surface area contributed by atoms with Crippen LogP contribution < -0.4 is 0 Å². The lowest BCUT2D eigenvalue weighted by Gasteiger charge is -2.17. The van der Waals surface area contributed by atoms with E-state index in [0.29, 0.717) is 5.56 Å². The van der Waals surface area contributed by atoms with Gasteiger partial charge in [-0.1, -0.05) is 54.6 Å². The molecule has 2 rings (SSSR count). The number of benzene rings is 2. The molecule has 0 aliphatic carbocycles. The Hall–Kier alpha value is -2.17. The molecule has 0 bridgehead atoms. The number of carbonyl (C=O) groups excluding carboxylic acids is 1. The third-order valence-electron chi connectivity index (χ3n) is 3.19. The molecule has 2 N–H and O–H groups in total. The van der Waals surface area contributed by atoms with Crippen LogP contribution in [0.1, 0.15) is 18.6 Å². The largest absolute Gasteiger partial charge is 0.464 e.